The molecule has 0 amide bonds. The fourth-order valence-corrected chi connectivity index (χ4v) is 2.93. The summed E-state index contributed by atoms with van der Waals surface area (Å²) in [6, 6.07) is 9.88. The van der Waals surface area contributed by atoms with Gasteiger partial charge in [-0.1, -0.05) is 31.5 Å². The van der Waals surface area contributed by atoms with E-state index in [4.69, 9.17) is 4.74 Å². The number of thiazole rings is 1. The van der Waals surface area contributed by atoms with Crippen LogP contribution in [0.4, 0.5) is 0 Å². The standard InChI is InChI=1S/C15H20N2OS/c1-3-7-13-14(10-16-2)19-15(17-13)11-18-12-8-5-4-6-9-12/h4-6,8-9,16H,3,7,10-11H2,1-2H3. The SMILES string of the molecule is CCCc1nc(COc2ccccc2)sc1CNC. The van der Waals surface area contributed by atoms with Crippen molar-refractivity contribution in [1.29, 1.82) is 0 Å². The zero-order chi connectivity index (χ0) is 13.5. The van der Waals surface area contributed by atoms with E-state index in [9.17, 15) is 0 Å². The number of aromatic nitrogens is 1. The lowest BCUT2D eigenvalue weighted by molar-refractivity contribution is 0.305. The second-order valence-electron chi connectivity index (χ2n) is 4.36. The van der Waals surface area contributed by atoms with Crippen LogP contribution in [0.3, 0.4) is 0 Å². The molecule has 0 aliphatic carbocycles. The van der Waals surface area contributed by atoms with Crippen molar-refractivity contribution < 1.29 is 4.74 Å². The van der Waals surface area contributed by atoms with Crippen molar-refractivity contribution in [2.75, 3.05) is 7.05 Å². The molecule has 0 unspecified atom stereocenters. The molecule has 3 nitrogen and oxygen atoms in total. The maximum atomic E-state index is 5.74. The summed E-state index contributed by atoms with van der Waals surface area (Å²) in [6.07, 6.45) is 2.16. The van der Waals surface area contributed by atoms with Crippen LogP contribution in [0.5, 0.6) is 5.75 Å². The molecule has 0 aliphatic rings. The Morgan fingerprint density at radius 2 is 2.05 bits per heavy atom. The number of rotatable bonds is 7. The van der Waals surface area contributed by atoms with Gasteiger partial charge in [0.15, 0.2) is 0 Å². The first-order valence-corrected chi connectivity index (χ1v) is 7.45. The Hall–Kier alpha value is -1.39. The third kappa shape index (κ3) is 4.04. The van der Waals surface area contributed by atoms with E-state index in [2.05, 4.69) is 17.2 Å². The van der Waals surface area contributed by atoms with Gasteiger partial charge in [-0.25, -0.2) is 4.98 Å². The number of nitrogens with one attached hydrogen (secondary N) is 1. The molecule has 1 N–H and O–H groups in total. The molecule has 0 bridgehead atoms. The Kier molecular flexibility index (Phi) is 5.36. The number of ether oxygens (including phenoxy) is 1. The summed E-state index contributed by atoms with van der Waals surface area (Å²) in [5.41, 5.74) is 1.22. The monoisotopic (exact) mass is 276 g/mol. The summed E-state index contributed by atoms with van der Waals surface area (Å²) in [4.78, 5) is 6.02. The molecule has 0 saturated carbocycles. The molecule has 0 saturated heterocycles. The molecule has 1 aromatic carbocycles. The Labute approximate surface area is 118 Å². The first kappa shape index (κ1) is 14.0. The van der Waals surface area contributed by atoms with Crippen LogP contribution in [0.1, 0.15) is 28.9 Å². The molecule has 0 radical (unpaired) electrons. The summed E-state index contributed by atoms with van der Waals surface area (Å²) in [6.45, 7) is 3.62. The van der Waals surface area contributed by atoms with Gasteiger partial charge in [0.05, 0.1) is 5.69 Å². The smallest absolute Gasteiger partial charge is 0.140 e. The van der Waals surface area contributed by atoms with E-state index in [1.54, 1.807) is 11.3 Å². The number of aryl methyl sites for hydroxylation is 1. The molecule has 102 valence electrons. The van der Waals surface area contributed by atoms with Crippen LogP contribution in [0.15, 0.2) is 30.3 Å². The Balaban J connectivity index is 2.02. The first-order chi connectivity index (χ1) is 9.33. The van der Waals surface area contributed by atoms with E-state index in [0.29, 0.717) is 6.61 Å². The van der Waals surface area contributed by atoms with Crippen LogP contribution in [0.25, 0.3) is 0 Å². The highest BCUT2D eigenvalue weighted by atomic mass is 32.1. The number of benzene rings is 1. The van der Waals surface area contributed by atoms with Gasteiger partial charge in [-0.3, -0.25) is 0 Å². The predicted molar refractivity (Wildman–Crippen MR) is 79.6 cm³/mol. The van der Waals surface area contributed by atoms with E-state index in [0.717, 1.165) is 30.1 Å². The molecule has 4 heteroatoms. The number of hydrogen-bond donors (Lipinski definition) is 1. The van der Waals surface area contributed by atoms with Gasteiger partial charge in [0.1, 0.15) is 17.4 Å². The van der Waals surface area contributed by atoms with Gasteiger partial charge in [0.2, 0.25) is 0 Å². The number of para-hydroxylation sites is 1. The summed E-state index contributed by atoms with van der Waals surface area (Å²) < 4.78 is 5.74. The highest BCUT2D eigenvalue weighted by Crippen LogP contribution is 2.21. The average Bonchev–Trinajstić information content (AvgIpc) is 2.81. The first-order valence-electron chi connectivity index (χ1n) is 6.63. The van der Waals surface area contributed by atoms with Crippen molar-refractivity contribution in [2.24, 2.45) is 0 Å². The van der Waals surface area contributed by atoms with Crippen molar-refractivity contribution in [3.05, 3.63) is 45.9 Å². The zero-order valence-electron chi connectivity index (χ0n) is 11.5. The van der Waals surface area contributed by atoms with Crippen LogP contribution in [-0.2, 0) is 19.6 Å². The van der Waals surface area contributed by atoms with Crippen LogP contribution >= 0.6 is 11.3 Å². The Morgan fingerprint density at radius 3 is 2.74 bits per heavy atom. The minimum absolute atomic E-state index is 0.551. The van der Waals surface area contributed by atoms with E-state index in [1.807, 2.05) is 37.4 Å². The largest absolute Gasteiger partial charge is 0.486 e. The lowest BCUT2D eigenvalue weighted by Gasteiger charge is -2.02. The quantitative estimate of drug-likeness (QED) is 0.841. The van der Waals surface area contributed by atoms with Crippen molar-refractivity contribution in [1.82, 2.24) is 10.3 Å². The van der Waals surface area contributed by atoms with Crippen molar-refractivity contribution in [3.8, 4) is 5.75 Å². The molecule has 0 fully saturated rings. The topological polar surface area (TPSA) is 34.1 Å². The highest BCUT2D eigenvalue weighted by molar-refractivity contribution is 7.11. The van der Waals surface area contributed by atoms with Crippen molar-refractivity contribution in [2.45, 2.75) is 32.9 Å². The third-order valence-corrected chi connectivity index (χ3v) is 3.82. The molecule has 0 atom stereocenters. The Bertz CT molecular complexity index is 473. The fourth-order valence-electron chi connectivity index (χ4n) is 1.89. The second kappa shape index (κ2) is 7.26. The van der Waals surface area contributed by atoms with E-state index in [1.165, 1.54) is 10.6 Å². The number of nitrogens with zero attached hydrogens (tertiary/aromatic N) is 1. The summed E-state index contributed by atoms with van der Waals surface area (Å²) in [7, 11) is 1.97. The van der Waals surface area contributed by atoms with Gasteiger partial charge in [-0.15, -0.1) is 11.3 Å². The molecular formula is C15H20N2OS. The molecule has 1 heterocycles. The zero-order valence-corrected chi connectivity index (χ0v) is 12.3. The van der Waals surface area contributed by atoms with Crippen LogP contribution < -0.4 is 10.1 Å². The summed E-state index contributed by atoms with van der Waals surface area (Å²) >= 11 is 1.74. The van der Waals surface area contributed by atoms with Gasteiger partial charge < -0.3 is 10.1 Å². The normalized spacial score (nSPS) is 10.6. The van der Waals surface area contributed by atoms with Gasteiger partial charge in [-0.05, 0) is 25.6 Å². The van der Waals surface area contributed by atoms with E-state index < -0.39 is 0 Å². The maximum absolute atomic E-state index is 5.74. The van der Waals surface area contributed by atoms with Crippen molar-refractivity contribution >= 4 is 11.3 Å². The molecule has 1 aromatic heterocycles. The molecule has 0 aliphatic heterocycles. The predicted octanol–water partition coefficient (Wildman–Crippen LogP) is 3.39. The van der Waals surface area contributed by atoms with E-state index in [-0.39, 0.29) is 0 Å². The van der Waals surface area contributed by atoms with Crippen molar-refractivity contribution in [3.63, 3.8) is 0 Å². The van der Waals surface area contributed by atoms with Gasteiger partial charge in [0, 0.05) is 11.4 Å². The van der Waals surface area contributed by atoms with Crippen LogP contribution in [0.2, 0.25) is 0 Å². The molecule has 0 spiro atoms. The highest BCUT2D eigenvalue weighted by Gasteiger charge is 2.10. The fraction of sp³-hybridized carbons (Fsp3) is 0.400. The molecule has 19 heavy (non-hydrogen) atoms. The minimum Gasteiger partial charge on any atom is -0.486 e. The average molecular weight is 276 g/mol. The lowest BCUT2D eigenvalue weighted by atomic mass is 10.2. The van der Waals surface area contributed by atoms with Gasteiger partial charge in [0.25, 0.3) is 0 Å². The third-order valence-electron chi connectivity index (χ3n) is 2.75. The minimum atomic E-state index is 0.551. The Morgan fingerprint density at radius 1 is 1.26 bits per heavy atom. The van der Waals surface area contributed by atoms with Gasteiger partial charge >= 0.3 is 0 Å². The second-order valence-corrected chi connectivity index (χ2v) is 5.53. The summed E-state index contributed by atoms with van der Waals surface area (Å²) in [5.74, 6) is 0.893. The molecule has 2 aromatic rings. The number of hydrogen-bond acceptors (Lipinski definition) is 4. The van der Waals surface area contributed by atoms with Crippen LogP contribution in [0, 0.1) is 0 Å². The summed E-state index contributed by atoms with van der Waals surface area (Å²) in [5, 5.41) is 4.25. The van der Waals surface area contributed by atoms with Crippen LogP contribution in [-0.4, -0.2) is 12.0 Å². The lowest BCUT2D eigenvalue weighted by Crippen LogP contribution is -2.05. The molecule has 2 rings (SSSR count). The molecular weight excluding hydrogens is 256 g/mol. The van der Waals surface area contributed by atoms with E-state index >= 15 is 0 Å². The maximum Gasteiger partial charge on any atom is 0.140 e. The van der Waals surface area contributed by atoms with Gasteiger partial charge in [-0.2, -0.15) is 0 Å².